The fourth-order valence-electron chi connectivity index (χ4n) is 3.69. The number of hydrogen-bond donors (Lipinski definition) is 1. The van der Waals surface area contributed by atoms with E-state index in [0.29, 0.717) is 12.0 Å². The second-order valence-corrected chi connectivity index (χ2v) is 6.10. The van der Waals surface area contributed by atoms with Crippen molar-refractivity contribution in [3.63, 3.8) is 0 Å². The van der Waals surface area contributed by atoms with Gasteiger partial charge in [0, 0.05) is 19.1 Å². The summed E-state index contributed by atoms with van der Waals surface area (Å²) < 4.78 is 5.46. The van der Waals surface area contributed by atoms with Crippen LogP contribution in [0.15, 0.2) is 0 Å². The third kappa shape index (κ3) is 3.97. The molecule has 1 unspecified atom stereocenters. The maximum atomic E-state index is 10.4. The van der Waals surface area contributed by atoms with E-state index in [1.54, 1.807) is 0 Å². The lowest BCUT2D eigenvalue weighted by Crippen LogP contribution is -2.48. The standard InChI is InChI=1S/C17H28NO2/c1-3-5-16(18-11-13-20-14-12-18)15-6-9-17(19,8-4-2)10-7-15/h15-16,19H,1,3,5-7,9-14H2,2H3. The third-order valence-corrected chi connectivity index (χ3v) is 4.77. The summed E-state index contributed by atoms with van der Waals surface area (Å²) in [5.74, 6) is 6.54. The summed E-state index contributed by atoms with van der Waals surface area (Å²) in [6.45, 7) is 9.64. The Hall–Kier alpha value is -0.560. The van der Waals surface area contributed by atoms with Crippen LogP contribution in [0.1, 0.15) is 45.4 Å². The zero-order valence-electron chi connectivity index (χ0n) is 12.7. The molecule has 2 rings (SSSR count). The quantitative estimate of drug-likeness (QED) is 0.801. The van der Waals surface area contributed by atoms with E-state index in [9.17, 15) is 5.11 Å². The van der Waals surface area contributed by atoms with Crippen LogP contribution < -0.4 is 0 Å². The monoisotopic (exact) mass is 278 g/mol. The van der Waals surface area contributed by atoms with Gasteiger partial charge in [-0.3, -0.25) is 4.90 Å². The van der Waals surface area contributed by atoms with Gasteiger partial charge in [0.15, 0.2) is 0 Å². The summed E-state index contributed by atoms with van der Waals surface area (Å²) >= 11 is 0. The van der Waals surface area contributed by atoms with E-state index < -0.39 is 5.60 Å². The van der Waals surface area contributed by atoms with Gasteiger partial charge in [-0.25, -0.2) is 0 Å². The first-order chi connectivity index (χ1) is 9.68. The summed E-state index contributed by atoms with van der Waals surface area (Å²) in [6, 6.07) is 0.607. The van der Waals surface area contributed by atoms with Crippen LogP contribution in [-0.4, -0.2) is 48.0 Å². The van der Waals surface area contributed by atoms with E-state index in [0.717, 1.165) is 64.8 Å². The molecule has 1 saturated carbocycles. The Labute approximate surface area is 123 Å². The van der Waals surface area contributed by atoms with Crippen molar-refractivity contribution in [3.8, 4) is 11.8 Å². The normalized spacial score (nSPS) is 33.2. The number of nitrogens with zero attached hydrogens (tertiary/aromatic N) is 1. The number of aliphatic hydroxyl groups is 1. The first-order valence-corrected chi connectivity index (χ1v) is 7.96. The number of ether oxygens (including phenoxy) is 1. The maximum Gasteiger partial charge on any atom is 0.125 e. The van der Waals surface area contributed by atoms with Crippen LogP contribution in [0.25, 0.3) is 0 Å². The fourth-order valence-corrected chi connectivity index (χ4v) is 3.69. The minimum atomic E-state index is -0.731. The Balaban J connectivity index is 1.95. The molecule has 1 N–H and O–H groups in total. The van der Waals surface area contributed by atoms with Crippen LogP contribution in [0.5, 0.6) is 0 Å². The lowest BCUT2D eigenvalue weighted by molar-refractivity contribution is -0.0216. The molecule has 0 spiro atoms. The zero-order valence-corrected chi connectivity index (χ0v) is 12.7. The van der Waals surface area contributed by atoms with Gasteiger partial charge in [-0.2, -0.15) is 0 Å². The first-order valence-electron chi connectivity index (χ1n) is 7.96. The molecule has 3 nitrogen and oxygen atoms in total. The van der Waals surface area contributed by atoms with Crippen molar-refractivity contribution >= 4 is 0 Å². The van der Waals surface area contributed by atoms with Crippen molar-refractivity contribution in [3.05, 3.63) is 6.92 Å². The van der Waals surface area contributed by atoms with Crippen LogP contribution in [0.4, 0.5) is 0 Å². The van der Waals surface area contributed by atoms with Gasteiger partial charge in [0.05, 0.1) is 13.2 Å². The van der Waals surface area contributed by atoms with Gasteiger partial charge in [0.2, 0.25) is 0 Å². The lowest BCUT2D eigenvalue weighted by Gasteiger charge is -2.43. The van der Waals surface area contributed by atoms with E-state index in [1.807, 2.05) is 6.92 Å². The van der Waals surface area contributed by atoms with Crippen LogP contribution in [-0.2, 0) is 4.74 Å². The minimum Gasteiger partial charge on any atom is -0.379 e. The van der Waals surface area contributed by atoms with E-state index in [-0.39, 0.29) is 0 Å². The summed E-state index contributed by atoms with van der Waals surface area (Å²) in [6.07, 6.45) is 5.92. The molecule has 0 bridgehead atoms. The smallest absolute Gasteiger partial charge is 0.125 e. The zero-order chi connectivity index (χ0) is 14.4. The molecule has 0 amide bonds. The number of rotatable bonds is 4. The van der Waals surface area contributed by atoms with Gasteiger partial charge >= 0.3 is 0 Å². The molecule has 1 saturated heterocycles. The first kappa shape index (κ1) is 15.8. The Morgan fingerprint density at radius 1 is 1.35 bits per heavy atom. The van der Waals surface area contributed by atoms with Gasteiger partial charge in [-0.1, -0.05) is 19.3 Å². The van der Waals surface area contributed by atoms with Gasteiger partial charge in [0.1, 0.15) is 5.60 Å². The highest BCUT2D eigenvalue weighted by Gasteiger charge is 2.36. The molecule has 1 atom stereocenters. The van der Waals surface area contributed by atoms with Gasteiger partial charge in [-0.05, 0) is 44.9 Å². The molecule has 113 valence electrons. The van der Waals surface area contributed by atoms with Crippen molar-refractivity contribution in [1.82, 2.24) is 4.90 Å². The molecule has 2 fully saturated rings. The van der Waals surface area contributed by atoms with E-state index in [2.05, 4.69) is 23.7 Å². The van der Waals surface area contributed by atoms with Gasteiger partial charge < -0.3 is 9.84 Å². The SMILES string of the molecule is [CH2]CCC(C1CCC(O)(C#CC)CC1)N1CCOCC1. The Morgan fingerprint density at radius 2 is 2.00 bits per heavy atom. The second kappa shape index (κ2) is 7.45. The number of hydrogen-bond acceptors (Lipinski definition) is 3. The molecule has 2 aliphatic rings. The highest BCUT2D eigenvalue weighted by molar-refractivity contribution is 5.13. The fraction of sp³-hybridized carbons (Fsp3) is 0.824. The molecule has 1 heterocycles. The van der Waals surface area contributed by atoms with Crippen molar-refractivity contribution in [2.45, 2.75) is 57.1 Å². The van der Waals surface area contributed by atoms with Crippen LogP contribution in [0, 0.1) is 24.7 Å². The molecule has 1 aliphatic carbocycles. The minimum absolute atomic E-state index is 0.607. The summed E-state index contributed by atoms with van der Waals surface area (Å²) in [5.41, 5.74) is -0.731. The van der Waals surface area contributed by atoms with Gasteiger partial charge in [0.25, 0.3) is 0 Å². The van der Waals surface area contributed by atoms with Crippen molar-refractivity contribution < 1.29 is 9.84 Å². The third-order valence-electron chi connectivity index (χ3n) is 4.77. The number of morpholine rings is 1. The molecular formula is C17H28NO2. The summed E-state index contributed by atoms with van der Waals surface area (Å²) in [4.78, 5) is 2.58. The van der Waals surface area contributed by atoms with Crippen molar-refractivity contribution in [1.29, 1.82) is 0 Å². The molecule has 0 aromatic heterocycles. The molecule has 0 aromatic rings. The lowest BCUT2D eigenvalue weighted by atomic mass is 9.75. The summed E-state index contributed by atoms with van der Waals surface area (Å²) in [5, 5.41) is 10.4. The molecular weight excluding hydrogens is 250 g/mol. The van der Waals surface area contributed by atoms with Crippen LogP contribution >= 0.6 is 0 Å². The molecule has 1 aliphatic heterocycles. The van der Waals surface area contributed by atoms with Gasteiger partial charge in [-0.15, -0.1) is 5.92 Å². The summed E-state index contributed by atoms with van der Waals surface area (Å²) in [7, 11) is 0. The Bertz CT molecular complexity index is 344. The predicted molar refractivity (Wildman–Crippen MR) is 81.1 cm³/mol. The predicted octanol–water partition coefficient (Wildman–Crippen LogP) is 2.25. The van der Waals surface area contributed by atoms with Crippen molar-refractivity contribution in [2.24, 2.45) is 5.92 Å². The van der Waals surface area contributed by atoms with E-state index in [1.165, 1.54) is 0 Å². The average molecular weight is 278 g/mol. The molecule has 0 aromatic carbocycles. The highest BCUT2D eigenvalue weighted by atomic mass is 16.5. The molecule has 20 heavy (non-hydrogen) atoms. The van der Waals surface area contributed by atoms with Crippen LogP contribution in [0.3, 0.4) is 0 Å². The van der Waals surface area contributed by atoms with Crippen LogP contribution in [0.2, 0.25) is 0 Å². The maximum absolute atomic E-state index is 10.4. The second-order valence-electron chi connectivity index (χ2n) is 6.10. The average Bonchev–Trinajstić information content (AvgIpc) is 2.47. The van der Waals surface area contributed by atoms with Crippen molar-refractivity contribution in [2.75, 3.05) is 26.3 Å². The largest absolute Gasteiger partial charge is 0.379 e. The van der Waals surface area contributed by atoms with E-state index in [4.69, 9.17) is 4.74 Å². The molecule has 1 radical (unpaired) electrons. The molecule has 3 heteroatoms. The Kier molecular flexibility index (Phi) is 5.89. The van der Waals surface area contributed by atoms with E-state index >= 15 is 0 Å². The Morgan fingerprint density at radius 3 is 2.55 bits per heavy atom. The highest BCUT2D eigenvalue weighted by Crippen LogP contribution is 2.36. The topological polar surface area (TPSA) is 32.7 Å².